The van der Waals surface area contributed by atoms with E-state index in [0.29, 0.717) is 31.1 Å². The largest absolute Gasteiger partial charge is 0.378 e. The molecular weight excluding hydrogens is 304 g/mol. The molecule has 0 aromatic rings. The van der Waals surface area contributed by atoms with Gasteiger partial charge in [0.05, 0.1) is 31.8 Å². The van der Waals surface area contributed by atoms with E-state index in [1.54, 1.807) is 0 Å². The molecule has 2 heterocycles. The molecule has 1 amide bonds. The van der Waals surface area contributed by atoms with Crippen LogP contribution in [0.25, 0.3) is 0 Å². The predicted octanol–water partition coefficient (Wildman–Crippen LogP) is 2.15. The lowest BCUT2D eigenvalue weighted by molar-refractivity contribution is -0.141. The van der Waals surface area contributed by atoms with Crippen molar-refractivity contribution in [1.29, 1.82) is 0 Å². The molecule has 0 radical (unpaired) electrons. The standard InChI is InChI=1S/C19H34N2O3/c1-16-5-2-3-7-18(16)24-14-9-20-8-4-6-17(15-20)19(22)21-10-12-23-13-11-21/h16-18H,2-15H2,1H3/t16-,17+,18+/m1/s1. The van der Waals surface area contributed by atoms with Crippen LogP contribution < -0.4 is 0 Å². The first-order valence-corrected chi connectivity index (χ1v) is 9.94. The molecule has 2 aliphatic heterocycles. The minimum Gasteiger partial charge on any atom is -0.378 e. The highest BCUT2D eigenvalue weighted by Gasteiger charge is 2.30. The highest BCUT2D eigenvalue weighted by atomic mass is 16.5. The number of hydrogen-bond acceptors (Lipinski definition) is 4. The average Bonchev–Trinajstić information content (AvgIpc) is 2.64. The highest BCUT2D eigenvalue weighted by Crippen LogP contribution is 2.26. The number of carbonyl (C=O) groups excluding carboxylic acids is 1. The smallest absolute Gasteiger partial charge is 0.227 e. The molecule has 3 rings (SSSR count). The lowest BCUT2D eigenvalue weighted by atomic mass is 9.88. The number of ether oxygens (including phenoxy) is 2. The molecule has 138 valence electrons. The van der Waals surface area contributed by atoms with Crippen LogP contribution >= 0.6 is 0 Å². The first-order valence-electron chi connectivity index (χ1n) is 9.94. The van der Waals surface area contributed by atoms with Crippen LogP contribution in [0.2, 0.25) is 0 Å². The summed E-state index contributed by atoms with van der Waals surface area (Å²) < 4.78 is 11.5. The zero-order chi connectivity index (χ0) is 16.8. The van der Waals surface area contributed by atoms with E-state index in [1.165, 1.54) is 25.7 Å². The van der Waals surface area contributed by atoms with E-state index in [0.717, 1.165) is 52.2 Å². The number of hydrogen-bond donors (Lipinski definition) is 0. The van der Waals surface area contributed by atoms with Gasteiger partial charge in [-0.2, -0.15) is 0 Å². The summed E-state index contributed by atoms with van der Waals surface area (Å²) in [5.74, 6) is 1.21. The van der Waals surface area contributed by atoms with Gasteiger partial charge in [-0.1, -0.05) is 19.8 Å². The van der Waals surface area contributed by atoms with Gasteiger partial charge in [-0.05, 0) is 38.1 Å². The lowest BCUT2D eigenvalue weighted by Crippen LogP contribution is -2.48. The summed E-state index contributed by atoms with van der Waals surface area (Å²) in [7, 11) is 0. The van der Waals surface area contributed by atoms with Crippen molar-refractivity contribution in [1.82, 2.24) is 9.80 Å². The Bertz CT molecular complexity index is 398. The molecule has 3 fully saturated rings. The minimum absolute atomic E-state index is 0.172. The molecule has 2 saturated heterocycles. The van der Waals surface area contributed by atoms with Gasteiger partial charge in [-0.3, -0.25) is 4.79 Å². The topological polar surface area (TPSA) is 42.0 Å². The van der Waals surface area contributed by atoms with Gasteiger partial charge in [0.2, 0.25) is 5.91 Å². The second-order valence-corrected chi connectivity index (χ2v) is 7.75. The molecule has 0 spiro atoms. The van der Waals surface area contributed by atoms with Crippen LogP contribution in [0.3, 0.4) is 0 Å². The van der Waals surface area contributed by atoms with Gasteiger partial charge in [0.1, 0.15) is 0 Å². The van der Waals surface area contributed by atoms with Crippen molar-refractivity contribution in [2.24, 2.45) is 11.8 Å². The van der Waals surface area contributed by atoms with Gasteiger partial charge in [-0.15, -0.1) is 0 Å². The summed E-state index contributed by atoms with van der Waals surface area (Å²) in [5, 5.41) is 0. The van der Waals surface area contributed by atoms with Crippen LogP contribution in [0.1, 0.15) is 45.4 Å². The number of likely N-dealkylation sites (tertiary alicyclic amines) is 1. The molecule has 24 heavy (non-hydrogen) atoms. The molecule has 0 bridgehead atoms. The highest BCUT2D eigenvalue weighted by molar-refractivity contribution is 5.79. The molecule has 0 aromatic carbocycles. The van der Waals surface area contributed by atoms with Crippen molar-refractivity contribution in [3.05, 3.63) is 0 Å². The predicted molar refractivity (Wildman–Crippen MR) is 93.9 cm³/mol. The molecule has 0 N–H and O–H groups in total. The van der Waals surface area contributed by atoms with Crippen LogP contribution in [0, 0.1) is 11.8 Å². The van der Waals surface area contributed by atoms with Gasteiger partial charge in [0, 0.05) is 26.2 Å². The second kappa shape index (κ2) is 9.16. The fourth-order valence-corrected chi connectivity index (χ4v) is 4.37. The molecular formula is C19H34N2O3. The van der Waals surface area contributed by atoms with Crippen molar-refractivity contribution in [2.45, 2.75) is 51.6 Å². The first kappa shape index (κ1) is 18.2. The maximum atomic E-state index is 12.7. The van der Waals surface area contributed by atoms with Crippen molar-refractivity contribution < 1.29 is 14.3 Å². The van der Waals surface area contributed by atoms with Crippen molar-refractivity contribution >= 4 is 5.91 Å². The SMILES string of the molecule is C[C@@H]1CCCC[C@@H]1OCCN1CCC[C@H](C(=O)N2CCOCC2)C1. The molecule has 5 nitrogen and oxygen atoms in total. The minimum atomic E-state index is 0.172. The number of morpholine rings is 1. The number of amides is 1. The Morgan fingerprint density at radius 2 is 1.88 bits per heavy atom. The van der Waals surface area contributed by atoms with Crippen LogP contribution in [0.15, 0.2) is 0 Å². The van der Waals surface area contributed by atoms with Crippen LogP contribution in [0.4, 0.5) is 0 Å². The molecule has 1 aliphatic carbocycles. The van der Waals surface area contributed by atoms with Gasteiger partial charge in [-0.25, -0.2) is 0 Å². The second-order valence-electron chi connectivity index (χ2n) is 7.75. The van der Waals surface area contributed by atoms with E-state index in [4.69, 9.17) is 9.47 Å². The summed E-state index contributed by atoms with van der Waals surface area (Å²) in [6.07, 6.45) is 7.82. The van der Waals surface area contributed by atoms with Crippen LogP contribution in [0.5, 0.6) is 0 Å². The summed E-state index contributed by atoms with van der Waals surface area (Å²) in [4.78, 5) is 17.1. The Morgan fingerprint density at radius 1 is 1.08 bits per heavy atom. The summed E-state index contributed by atoms with van der Waals surface area (Å²) >= 11 is 0. The fourth-order valence-electron chi connectivity index (χ4n) is 4.37. The van der Waals surface area contributed by atoms with Gasteiger partial charge in [0.15, 0.2) is 0 Å². The molecule has 5 heteroatoms. The maximum absolute atomic E-state index is 12.7. The summed E-state index contributed by atoms with van der Waals surface area (Å²) in [5.41, 5.74) is 0. The Morgan fingerprint density at radius 3 is 2.67 bits per heavy atom. The van der Waals surface area contributed by atoms with Crippen molar-refractivity contribution in [3.8, 4) is 0 Å². The van der Waals surface area contributed by atoms with Crippen molar-refractivity contribution in [3.63, 3.8) is 0 Å². The van der Waals surface area contributed by atoms with Gasteiger partial charge >= 0.3 is 0 Å². The number of nitrogens with zero attached hydrogens (tertiary/aromatic N) is 2. The fraction of sp³-hybridized carbons (Fsp3) is 0.947. The maximum Gasteiger partial charge on any atom is 0.227 e. The third-order valence-electron chi connectivity index (χ3n) is 5.95. The van der Waals surface area contributed by atoms with E-state index in [-0.39, 0.29) is 5.92 Å². The van der Waals surface area contributed by atoms with Crippen LogP contribution in [-0.2, 0) is 14.3 Å². The van der Waals surface area contributed by atoms with Crippen molar-refractivity contribution in [2.75, 3.05) is 52.5 Å². The number of carbonyl (C=O) groups is 1. The monoisotopic (exact) mass is 338 g/mol. The van der Waals surface area contributed by atoms with Gasteiger partial charge < -0.3 is 19.3 Å². The van der Waals surface area contributed by atoms with E-state index >= 15 is 0 Å². The zero-order valence-electron chi connectivity index (χ0n) is 15.3. The average molecular weight is 338 g/mol. The number of piperidine rings is 1. The van der Waals surface area contributed by atoms with E-state index in [1.807, 2.05) is 4.90 Å². The molecule has 0 aromatic heterocycles. The normalized spacial score (nSPS) is 32.7. The van der Waals surface area contributed by atoms with E-state index < -0.39 is 0 Å². The molecule has 3 aliphatic rings. The Labute approximate surface area is 146 Å². The number of rotatable bonds is 5. The van der Waals surface area contributed by atoms with E-state index in [2.05, 4.69) is 11.8 Å². The molecule has 1 saturated carbocycles. The summed E-state index contributed by atoms with van der Waals surface area (Å²) in [6.45, 7) is 9.02. The van der Waals surface area contributed by atoms with Crippen LogP contribution in [-0.4, -0.2) is 74.4 Å². The zero-order valence-corrected chi connectivity index (χ0v) is 15.3. The Hall–Kier alpha value is -0.650. The third kappa shape index (κ3) is 4.93. The third-order valence-corrected chi connectivity index (χ3v) is 5.95. The van der Waals surface area contributed by atoms with E-state index in [9.17, 15) is 4.79 Å². The summed E-state index contributed by atoms with van der Waals surface area (Å²) in [6, 6.07) is 0. The first-order chi connectivity index (χ1) is 11.7. The quantitative estimate of drug-likeness (QED) is 0.770. The molecule has 3 atom stereocenters. The van der Waals surface area contributed by atoms with Gasteiger partial charge in [0.25, 0.3) is 0 Å². The Balaban J connectivity index is 1.39. The Kier molecular flexibility index (Phi) is 6.93. The lowest BCUT2D eigenvalue weighted by Gasteiger charge is -2.36. The molecule has 0 unspecified atom stereocenters.